The van der Waals surface area contributed by atoms with E-state index in [1.165, 1.54) is 12.1 Å². The van der Waals surface area contributed by atoms with E-state index in [2.05, 4.69) is 13.8 Å². The van der Waals surface area contributed by atoms with E-state index in [1.807, 2.05) is 0 Å². The van der Waals surface area contributed by atoms with Crippen LogP contribution in [0.5, 0.6) is 0 Å². The molecule has 0 bridgehead atoms. The Bertz CT molecular complexity index is 360. The Morgan fingerprint density at radius 2 is 1.79 bits per heavy atom. The molecule has 0 amide bonds. The molecule has 0 fully saturated rings. The van der Waals surface area contributed by atoms with Gasteiger partial charge in [0.25, 0.3) is 0 Å². The summed E-state index contributed by atoms with van der Waals surface area (Å²) in [6, 6.07) is 6.57. The first kappa shape index (κ1) is 16.1. The smallest absolute Gasteiger partial charge is 0.123 e. The van der Waals surface area contributed by atoms with Gasteiger partial charge >= 0.3 is 0 Å². The highest BCUT2D eigenvalue weighted by molar-refractivity contribution is 5.25. The van der Waals surface area contributed by atoms with Gasteiger partial charge in [-0.3, -0.25) is 0 Å². The Kier molecular flexibility index (Phi) is 6.46. The molecule has 0 N–H and O–H groups in total. The summed E-state index contributed by atoms with van der Waals surface area (Å²) < 4.78 is 24.6. The minimum absolute atomic E-state index is 0.0329. The average molecular weight is 268 g/mol. The summed E-state index contributed by atoms with van der Waals surface area (Å²) in [6.45, 7) is 4.23. The van der Waals surface area contributed by atoms with Crippen molar-refractivity contribution in [2.75, 3.05) is 14.2 Å². The Hall–Kier alpha value is -0.930. The third-order valence-corrected chi connectivity index (χ3v) is 3.77. The molecule has 0 saturated heterocycles. The molecule has 0 aliphatic rings. The highest BCUT2D eigenvalue weighted by Crippen LogP contribution is 2.37. The van der Waals surface area contributed by atoms with Gasteiger partial charge in [-0.15, -0.1) is 0 Å². The molecule has 0 spiro atoms. The molecule has 2 atom stereocenters. The lowest BCUT2D eigenvalue weighted by atomic mass is 9.82. The molecule has 2 unspecified atom stereocenters. The van der Waals surface area contributed by atoms with Crippen molar-refractivity contribution in [2.45, 2.75) is 51.2 Å². The second-order valence-electron chi connectivity index (χ2n) is 4.84. The van der Waals surface area contributed by atoms with Crippen LogP contribution in [0, 0.1) is 5.82 Å². The van der Waals surface area contributed by atoms with Gasteiger partial charge in [-0.05, 0) is 30.5 Å². The maximum absolute atomic E-state index is 13.1. The first-order chi connectivity index (χ1) is 9.14. The predicted octanol–water partition coefficient (Wildman–Crippen LogP) is 4.28. The van der Waals surface area contributed by atoms with Gasteiger partial charge in [-0.2, -0.15) is 0 Å². The lowest BCUT2D eigenvalue weighted by molar-refractivity contribution is -0.130. The summed E-state index contributed by atoms with van der Waals surface area (Å²) in [4.78, 5) is 0. The number of hydrogen-bond donors (Lipinski definition) is 0. The molecule has 1 aromatic rings. The second-order valence-corrected chi connectivity index (χ2v) is 4.84. The first-order valence-electron chi connectivity index (χ1n) is 6.98. The topological polar surface area (TPSA) is 18.5 Å². The fourth-order valence-electron chi connectivity index (χ4n) is 2.70. The zero-order chi connectivity index (χ0) is 14.3. The molecule has 0 heterocycles. The van der Waals surface area contributed by atoms with Crippen LogP contribution >= 0.6 is 0 Å². The molecule has 0 aliphatic carbocycles. The van der Waals surface area contributed by atoms with E-state index in [0.29, 0.717) is 0 Å². The zero-order valence-corrected chi connectivity index (χ0v) is 12.4. The number of ether oxygens (including phenoxy) is 2. The monoisotopic (exact) mass is 268 g/mol. The normalized spacial score (nSPS) is 16.1. The van der Waals surface area contributed by atoms with Crippen molar-refractivity contribution >= 4 is 0 Å². The van der Waals surface area contributed by atoms with Crippen LogP contribution in [-0.4, -0.2) is 20.3 Å². The Balaban J connectivity index is 3.17. The maximum atomic E-state index is 13.1. The standard InChI is InChI=1S/C16H25FO2/c1-5-7-12-16(19-4,15(6-2)18-3)13-8-10-14(17)11-9-13/h8-11,15H,5-7,12H2,1-4H3. The van der Waals surface area contributed by atoms with E-state index in [-0.39, 0.29) is 11.9 Å². The number of hydrogen-bond acceptors (Lipinski definition) is 2. The van der Waals surface area contributed by atoms with Gasteiger partial charge in [0, 0.05) is 14.2 Å². The average Bonchev–Trinajstić information content (AvgIpc) is 2.45. The molecule has 0 aromatic heterocycles. The van der Waals surface area contributed by atoms with Crippen molar-refractivity contribution in [3.8, 4) is 0 Å². The molecule has 2 nitrogen and oxygen atoms in total. The number of rotatable bonds is 8. The van der Waals surface area contributed by atoms with Gasteiger partial charge in [0.1, 0.15) is 11.4 Å². The van der Waals surface area contributed by atoms with Gasteiger partial charge in [0.05, 0.1) is 6.10 Å². The molecule has 3 heteroatoms. The molecule has 0 aliphatic heterocycles. The van der Waals surface area contributed by atoms with Gasteiger partial charge in [-0.25, -0.2) is 4.39 Å². The minimum atomic E-state index is -0.493. The van der Waals surface area contributed by atoms with Crippen LogP contribution in [0.15, 0.2) is 24.3 Å². The van der Waals surface area contributed by atoms with Crippen LogP contribution in [0.2, 0.25) is 0 Å². The fraction of sp³-hybridized carbons (Fsp3) is 0.625. The Labute approximate surface area is 115 Å². The number of unbranched alkanes of at least 4 members (excludes halogenated alkanes) is 1. The molecule has 1 aromatic carbocycles. The fourth-order valence-corrected chi connectivity index (χ4v) is 2.70. The van der Waals surface area contributed by atoms with E-state index in [0.717, 1.165) is 31.2 Å². The summed E-state index contributed by atoms with van der Waals surface area (Å²) in [5.41, 5.74) is 0.492. The second kappa shape index (κ2) is 7.61. The summed E-state index contributed by atoms with van der Waals surface area (Å²) >= 11 is 0. The first-order valence-corrected chi connectivity index (χ1v) is 6.98. The highest BCUT2D eigenvalue weighted by atomic mass is 19.1. The minimum Gasteiger partial charge on any atom is -0.378 e. The molecule has 1 rings (SSSR count). The molecular formula is C16H25FO2. The van der Waals surface area contributed by atoms with E-state index >= 15 is 0 Å². The largest absolute Gasteiger partial charge is 0.378 e. The lowest BCUT2D eigenvalue weighted by Gasteiger charge is -2.39. The van der Waals surface area contributed by atoms with Crippen molar-refractivity contribution in [3.05, 3.63) is 35.6 Å². The quantitative estimate of drug-likeness (QED) is 0.700. The Morgan fingerprint density at radius 3 is 2.21 bits per heavy atom. The third-order valence-electron chi connectivity index (χ3n) is 3.77. The van der Waals surface area contributed by atoms with Gasteiger partial charge in [0.2, 0.25) is 0 Å². The van der Waals surface area contributed by atoms with E-state index in [9.17, 15) is 4.39 Å². The zero-order valence-electron chi connectivity index (χ0n) is 12.4. The number of halogens is 1. The summed E-state index contributed by atoms with van der Waals surface area (Å²) in [6.07, 6.45) is 3.83. The van der Waals surface area contributed by atoms with E-state index < -0.39 is 5.60 Å². The molecular weight excluding hydrogens is 243 g/mol. The van der Waals surface area contributed by atoms with Crippen molar-refractivity contribution in [1.29, 1.82) is 0 Å². The van der Waals surface area contributed by atoms with Gasteiger partial charge in [0.15, 0.2) is 0 Å². The van der Waals surface area contributed by atoms with E-state index in [4.69, 9.17) is 9.47 Å². The van der Waals surface area contributed by atoms with Crippen LogP contribution in [0.3, 0.4) is 0 Å². The predicted molar refractivity (Wildman–Crippen MR) is 75.7 cm³/mol. The number of benzene rings is 1. The van der Waals surface area contributed by atoms with Crippen LogP contribution in [0.1, 0.15) is 45.1 Å². The summed E-state index contributed by atoms with van der Waals surface area (Å²) in [5, 5.41) is 0. The highest BCUT2D eigenvalue weighted by Gasteiger charge is 2.39. The molecule has 0 radical (unpaired) electrons. The van der Waals surface area contributed by atoms with Crippen LogP contribution in [-0.2, 0) is 15.1 Å². The maximum Gasteiger partial charge on any atom is 0.123 e. The van der Waals surface area contributed by atoms with Crippen molar-refractivity contribution in [2.24, 2.45) is 0 Å². The summed E-state index contributed by atoms with van der Waals surface area (Å²) in [5.74, 6) is -0.227. The van der Waals surface area contributed by atoms with Gasteiger partial charge < -0.3 is 9.47 Å². The number of methoxy groups -OCH3 is 2. The van der Waals surface area contributed by atoms with E-state index in [1.54, 1.807) is 26.4 Å². The SMILES string of the molecule is CCCCC(OC)(c1ccc(F)cc1)C(CC)OC. The molecule has 19 heavy (non-hydrogen) atoms. The van der Waals surface area contributed by atoms with Crippen molar-refractivity contribution < 1.29 is 13.9 Å². The molecule has 108 valence electrons. The van der Waals surface area contributed by atoms with Crippen molar-refractivity contribution in [3.63, 3.8) is 0 Å². The van der Waals surface area contributed by atoms with Crippen LogP contribution in [0.25, 0.3) is 0 Å². The Morgan fingerprint density at radius 1 is 1.16 bits per heavy atom. The van der Waals surface area contributed by atoms with Crippen molar-refractivity contribution in [1.82, 2.24) is 0 Å². The van der Waals surface area contributed by atoms with Gasteiger partial charge in [-0.1, -0.05) is 38.8 Å². The molecule has 0 saturated carbocycles. The lowest BCUT2D eigenvalue weighted by Crippen LogP contribution is -2.42. The summed E-state index contributed by atoms with van der Waals surface area (Å²) in [7, 11) is 3.41. The third kappa shape index (κ3) is 3.54. The van der Waals surface area contributed by atoms with Crippen LogP contribution in [0.4, 0.5) is 4.39 Å². The van der Waals surface area contributed by atoms with Crippen LogP contribution < -0.4 is 0 Å².